The number of sulfone groups is 1. The van der Waals surface area contributed by atoms with Gasteiger partial charge in [0.15, 0.2) is 9.84 Å². The van der Waals surface area contributed by atoms with E-state index in [4.69, 9.17) is 5.73 Å². The van der Waals surface area contributed by atoms with Crippen LogP contribution in [0.2, 0.25) is 0 Å². The SMILES string of the molecule is CC1CCC(N)(CCS(=O)(=O)C(C)(C)C)C1. The van der Waals surface area contributed by atoms with Gasteiger partial charge in [-0.1, -0.05) is 6.92 Å². The van der Waals surface area contributed by atoms with Crippen molar-refractivity contribution in [1.82, 2.24) is 0 Å². The Labute approximate surface area is 99.7 Å². The van der Waals surface area contributed by atoms with Gasteiger partial charge in [-0.3, -0.25) is 0 Å². The van der Waals surface area contributed by atoms with Crippen LogP contribution in [0.4, 0.5) is 0 Å². The second kappa shape index (κ2) is 4.30. The Morgan fingerprint density at radius 3 is 2.31 bits per heavy atom. The van der Waals surface area contributed by atoms with E-state index in [1.54, 1.807) is 20.8 Å². The normalized spacial score (nSPS) is 31.9. The molecule has 0 bridgehead atoms. The molecular weight excluding hydrogens is 222 g/mol. The van der Waals surface area contributed by atoms with Crippen LogP contribution in [0.25, 0.3) is 0 Å². The van der Waals surface area contributed by atoms with E-state index < -0.39 is 14.6 Å². The lowest BCUT2D eigenvalue weighted by Gasteiger charge is -2.26. The molecule has 2 atom stereocenters. The predicted octanol–water partition coefficient (Wildman–Crippen LogP) is 2.11. The summed E-state index contributed by atoms with van der Waals surface area (Å²) >= 11 is 0. The highest BCUT2D eigenvalue weighted by atomic mass is 32.2. The van der Waals surface area contributed by atoms with Gasteiger partial charge in [0.2, 0.25) is 0 Å². The lowest BCUT2D eigenvalue weighted by molar-refractivity contribution is 0.406. The summed E-state index contributed by atoms with van der Waals surface area (Å²) in [4.78, 5) is 0. The van der Waals surface area contributed by atoms with Crippen molar-refractivity contribution in [3.05, 3.63) is 0 Å². The molecule has 0 radical (unpaired) electrons. The maximum atomic E-state index is 12.0. The Morgan fingerprint density at radius 1 is 1.38 bits per heavy atom. The van der Waals surface area contributed by atoms with Crippen molar-refractivity contribution < 1.29 is 8.42 Å². The van der Waals surface area contributed by atoms with Gasteiger partial charge in [0.05, 0.1) is 10.5 Å². The summed E-state index contributed by atoms with van der Waals surface area (Å²) in [6, 6.07) is 0. The third-order valence-corrected chi connectivity index (χ3v) is 6.30. The minimum Gasteiger partial charge on any atom is -0.325 e. The number of hydrogen-bond donors (Lipinski definition) is 1. The summed E-state index contributed by atoms with van der Waals surface area (Å²) in [6.07, 6.45) is 3.67. The zero-order chi connectivity index (χ0) is 12.6. The molecule has 2 unspecified atom stereocenters. The first-order chi connectivity index (χ1) is 7.06. The fraction of sp³-hybridized carbons (Fsp3) is 1.00. The van der Waals surface area contributed by atoms with Gasteiger partial charge in [-0.05, 0) is 52.4 Å². The number of hydrogen-bond acceptors (Lipinski definition) is 3. The molecule has 0 aromatic heterocycles. The quantitative estimate of drug-likeness (QED) is 0.831. The number of nitrogens with two attached hydrogens (primary N) is 1. The third-order valence-electron chi connectivity index (χ3n) is 3.69. The Bertz CT molecular complexity index is 343. The fourth-order valence-electron chi connectivity index (χ4n) is 2.30. The van der Waals surface area contributed by atoms with E-state index in [-0.39, 0.29) is 11.3 Å². The molecule has 1 fully saturated rings. The average molecular weight is 247 g/mol. The van der Waals surface area contributed by atoms with Crippen LogP contribution in [0.3, 0.4) is 0 Å². The van der Waals surface area contributed by atoms with Crippen LogP contribution in [0, 0.1) is 5.92 Å². The van der Waals surface area contributed by atoms with Crippen LogP contribution >= 0.6 is 0 Å². The second-order valence-electron chi connectivity index (χ2n) is 6.39. The Kier molecular flexibility index (Phi) is 3.75. The monoisotopic (exact) mass is 247 g/mol. The highest BCUT2D eigenvalue weighted by molar-refractivity contribution is 7.92. The van der Waals surface area contributed by atoms with E-state index in [9.17, 15) is 8.42 Å². The molecule has 2 N–H and O–H groups in total. The van der Waals surface area contributed by atoms with Gasteiger partial charge in [0.25, 0.3) is 0 Å². The molecule has 96 valence electrons. The first-order valence-corrected chi connectivity index (χ1v) is 7.72. The summed E-state index contributed by atoms with van der Waals surface area (Å²) in [6.45, 7) is 7.45. The van der Waals surface area contributed by atoms with E-state index in [0.717, 1.165) is 19.3 Å². The number of rotatable bonds is 3. The summed E-state index contributed by atoms with van der Waals surface area (Å²) in [5.41, 5.74) is 6.00. The third kappa shape index (κ3) is 3.20. The standard InChI is InChI=1S/C12H25NO2S/c1-10-5-6-12(13,9-10)7-8-16(14,15)11(2,3)4/h10H,5-9,13H2,1-4H3. The molecule has 4 heteroatoms. The molecular formula is C12H25NO2S. The Balaban J connectivity index is 2.59. The van der Waals surface area contributed by atoms with Gasteiger partial charge in [0.1, 0.15) is 0 Å². The minimum absolute atomic E-state index is 0.222. The van der Waals surface area contributed by atoms with Crippen LogP contribution in [0.5, 0.6) is 0 Å². The molecule has 0 heterocycles. The van der Waals surface area contributed by atoms with Crippen molar-refractivity contribution >= 4 is 9.84 Å². The van der Waals surface area contributed by atoms with Crippen LogP contribution in [0.15, 0.2) is 0 Å². The van der Waals surface area contributed by atoms with E-state index in [1.807, 2.05) is 0 Å². The van der Waals surface area contributed by atoms with Gasteiger partial charge >= 0.3 is 0 Å². The van der Waals surface area contributed by atoms with Gasteiger partial charge in [0, 0.05) is 5.54 Å². The highest BCUT2D eigenvalue weighted by Gasteiger charge is 2.37. The van der Waals surface area contributed by atoms with E-state index in [1.165, 1.54) is 0 Å². The van der Waals surface area contributed by atoms with E-state index in [0.29, 0.717) is 12.3 Å². The minimum atomic E-state index is -3.02. The maximum absolute atomic E-state index is 12.0. The predicted molar refractivity (Wildman–Crippen MR) is 68.1 cm³/mol. The zero-order valence-corrected chi connectivity index (χ0v) is 11.7. The molecule has 0 aromatic carbocycles. The van der Waals surface area contributed by atoms with Crippen LogP contribution in [-0.4, -0.2) is 24.5 Å². The van der Waals surface area contributed by atoms with E-state index >= 15 is 0 Å². The molecule has 3 nitrogen and oxygen atoms in total. The fourth-order valence-corrected chi connectivity index (χ4v) is 3.59. The lowest BCUT2D eigenvalue weighted by atomic mass is 9.95. The summed E-state index contributed by atoms with van der Waals surface area (Å²) in [7, 11) is -3.02. The van der Waals surface area contributed by atoms with Crippen molar-refractivity contribution in [3.8, 4) is 0 Å². The van der Waals surface area contributed by atoms with Gasteiger partial charge < -0.3 is 5.73 Å². The topological polar surface area (TPSA) is 60.2 Å². The molecule has 1 aliphatic carbocycles. The summed E-state index contributed by atoms with van der Waals surface area (Å²) < 4.78 is 23.3. The van der Waals surface area contributed by atoms with Crippen molar-refractivity contribution in [2.45, 2.75) is 63.7 Å². The second-order valence-corrected chi connectivity index (χ2v) is 9.25. The van der Waals surface area contributed by atoms with Crippen molar-refractivity contribution in [1.29, 1.82) is 0 Å². The maximum Gasteiger partial charge on any atom is 0.155 e. The molecule has 16 heavy (non-hydrogen) atoms. The van der Waals surface area contributed by atoms with Crippen molar-refractivity contribution in [2.75, 3.05) is 5.75 Å². The summed E-state index contributed by atoms with van der Waals surface area (Å²) in [5, 5.41) is 0. The smallest absolute Gasteiger partial charge is 0.155 e. The molecule has 1 saturated carbocycles. The average Bonchev–Trinajstić information content (AvgIpc) is 2.42. The van der Waals surface area contributed by atoms with Crippen molar-refractivity contribution in [3.63, 3.8) is 0 Å². The lowest BCUT2D eigenvalue weighted by Crippen LogP contribution is -2.41. The molecule has 1 rings (SSSR count). The van der Waals surface area contributed by atoms with Gasteiger partial charge in [-0.2, -0.15) is 0 Å². The Morgan fingerprint density at radius 2 is 1.94 bits per heavy atom. The van der Waals surface area contributed by atoms with Gasteiger partial charge in [-0.25, -0.2) is 8.42 Å². The van der Waals surface area contributed by atoms with Crippen molar-refractivity contribution in [2.24, 2.45) is 11.7 Å². The van der Waals surface area contributed by atoms with Crippen LogP contribution in [0.1, 0.15) is 53.4 Å². The molecule has 0 amide bonds. The van der Waals surface area contributed by atoms with Crippen LogP contribution < -0.4 is 5.73 Å². The molecule has 0 aliphatic heterocycles. The molecule has 0 spiro atoms. The molecule has 1 aliphatic rings. The Hall–Kier alpha value is -0.0900. The highest BCUT2D eigenvalue weighted by Crippen LogP contribution is 2.35. The van der Waals surface area contributed by atoms with E-state index in [2.05, 4.69) is 6.92 Å². The zero-order valence-electron chi connectivity index (χ0n) is 10.9. The first-order valence-electron chi connectivity index (χ1n) is 6.07. The largest absolute Gasteiger partial charge is 0.325 e. The van der Waals surface area contributed by atoms with Crippen LogP contribution in [-0.2, 0) is 9.84 Å². The van der Waals surface area contributed by atoms with Gasteiger partial charge in [-0.15, -0.1) is 0 Å². The first kappa shape index (κ1) is 14.0. The summed E-state index contributed by atoms with van der Waals surface area (Å²) in [5.74, 6) is 0.863. The molecule has 0 aromatic rings. The molecule has 0 saturated heterocycles.